The first-order valence-corrected chi connectivity index (χ1v) is 10.4. The monoisotopic (exact) mass is 432 g/mol. The topological polar surface area (TPSA) is 75.4 Å². The number of benzene rings is 1. The van der Waals surface area contributed by atoms with Gasteiger partial charge in [-0.1, -0.05) is 30.0 Å². The van der Waals surface area contributed by atoms with Gasteiger partial charge in [-0.15, -0.1) is 17.5 Å². The van der Waals surface area contributed by atoms with Crippen LogP contribution in [0, 0.1) is 13.8 Å². The molecular formula is C20H25ClN6OS. The van der Waals surface area contributed by atoms with Crippen LogP contribution in [-0.2, 0) is 5.75 Å². The highest BCUT2D eigenvalue weighted by Gasteiger charge is 2.23. The molecule has 0 aliphatic carbocycles. The predicted molar refractivity (Wildman–Crippen MR) is 117 cm³/mol. The second kappa shape index (κ2) is 9.11. The van der Waals surface area contributed by atoms with E-state index in [1.54, 1.807) is 4.52 Å². The van der Waals surface area contributed by atoms with E-state index in [9.17, 15) is 4.79 Å². The van der Waals surface area contributed by atoms with Gasteiger partial charge >= 0.3 is 0 Å². The van der Waals surface area contributed by atoms with Crippen LogP contribution in [-0.4, -0.2) is 56.1 Å². The standard InChI is InChI=1S/C20H24N6OS.ClH/c1-13-10-15(3)26-19(22-13)23-20(24-26)28-12-16-6-4-5-7-17(16)18(27)25-9-8-21-14(2)11-25;/h4-7,10,14,21H,8-9,11-12H2,1-3H3;1H. The van der Waals surface area contributed by atoms with Crippen molar-refractivity contribution in [2.24, 2.45) is 0 Å². The molecule has 7 nitrogen and oxygen atoms in total. The minimum atomic E-state index is 0. The Morgan fingerprint density at radius 1 is 1.28 bits per heavy atom. The maximum absolute atomic E-state index is 13.0. The SMILES string of the molecule is Cc1cc(C)n2nc(SCc3ccccc3C(=O)N3CCNC(C)C3)nc2n1.Cl. The van der Waals surface area contributed by atoms with Crippen LogP contribution in [0.25, 0.3) is 5.78 Å². The Hall–Kier alpha value is -2.16. The van der Waals surface area contributed by atoms with E-state index >= 15 is 0 Å². The van der Waals surface area contributed by atoms with Crippen LogP contribution in [0.4, 0.5) is 0 Å². The van der Waals surface area contributed by atoms with Crippen molar-refractivity contribution in [3.05, 3.63) is 52.8 Å². The summed E-state index contributed by atoms with van der Waals surface area (Å²) >= 11 is 1.53. The number of halogens is 1. The summed E-state index contributed by atoms with van der Waals surface area (Å²) in [7, 11) is 0. The molecule has 3 heterocycles. The number of hydrogen-bond donors (Lipinski definition) is 1. The summed E-state index contributed by atoms with van der Waals surface area (Å²) in [6.45, 7) is 8.36. The van der Waals surface area contributed by atoms with Crippen molar-refractivity contribution in [3.63, 3.8) is 0 Å². The van der Waals surface area contributed by atoms with E-state index in [1.807, 2.05) is 49.1 Å². The zero-order chi connectivity index (χ0) is 19.7. The number of carbonyl (C=O) groups is 1. The molecule has 1 unspecified atom stereocenters. The number of aromatic nitrogens is 4. The lowest BCUT2D eigenvalue weighted by atomic mass is 10.1. The fraction of sp³-hybridized carbons (Fsp3) is 0.400. The van der Waals surface area contributed by atoms with Crippen molar-refractivity contribution in [2.45, 2.75) is 37.7 Å². The van der Waals surface area contributed by atoms with Gasteiger partial charge in [0.15, 0.2) is 0 Å². The van der Waals surface area contributed by atoms with Crippen molar-refractivity contribution in [3.8, 4) is 0 Å². The number of carbonyl (C=O) groups excluding carboxylic acids is 1. The first-order chi connectivity index (χ1) is 13.5. The lowest BCUT2D eigenvalue weighted by Gasteiger charge is -2.32. The molecule has 1 fully saturated rings. The summed E-state index contributed by atoms with van der Waals surface area (Å²) in [5.41, 5.74) is 3.70. The highest BCUT2D eigenvalue weighted by Crippen LogP contribution is 2.24. The Balaban J connectivity index is 0.00000240. The second-order valence-corrected chi connectivity index (χ2v) is 8.14. The molecule has 154 valence electrons. The summed E-state index contributed by atoms with van der Waals surface area (Å²) in [5, 5.41) is 8.59. The molecule has 4 rings (SSSR count). The van der Waals surface area contributed by atoms with Crippen LogP contribution < -0.4 is 5.32 Å². The Bertz CT molecular complexity index is 1020. The molecule has 0 spiro atoms. The van der Waals surface area contributed by atoms with Gasteiger partial charge < -0.3 is 10.2 Å². The van der Waals surface area contributed by atoms with Gasteiger partial charge in [-0.05, 0) is 38.5 Å². The van der Waals surface area contributed by atoms with Crippen LogP contribution >= 0.6 is 24.2 Å². The highest BCUT2D eigenvalue weighted by molar-refractivity contribution is 7.98. The third kappa shape index (κ3) is 4.71. The van der Waals surface area contributed by atoms with Gasteiger partial charge in [0.2, 0.25) is 5.16 Å². The van der Waals surface area contributed by atoms with Crippen LogP contribution in [0.5, 0.6) is 0 Å². The third-order valence-corrected chi connectivity index (χ3v) is 5.75. The summed E-state index contributed by atoms with van der Waals surface area (Å²) in [6, 6.07) is 10.1. The Kier molecular flexibility index (Phi) is 6.77. The van der Waals surface area contributed by atoms with Crippen LogP contribution in [0.3, 0.4) is 0 Å². The summed E-state index contributed by atoms with van der Waals surface area (Å²) < 4.78 is 1.76. The van der Waals surface area contributed by atoms with Crippen LogP contribution in [0.2, 0.25) is 0 Å². The zero-order valence-electron chi connectivity index (χ0n) is 16.8. The van der Waals surface area contributed by atoms with E-state index in [-0.39, 0.29) is 18.3 Å². The number of hydrogen-bond acceptors (Lipinski definition) is 6. The molecule has 0 radical (unpaired) electrons. The summed E-state index contributed by atoms with van der Waals surface area (Å²) in [5.74, 6) is 1.35. The minimum Gasteiger partial charge on any atom is -0.336 e. The van der Waals surface area contributed by atoms with E-state index < -0.39 is 0 Å². The van der Waals surface area contributed by atoms with Gasteiger partial charge in [0.05, 0.1) is 0 Å². The van der Waals surface area contributed by atoms with Gasteiger partial charge in [-0.2, -0.15) is 4.98 Å². The van der Waals surface area contributed by atoms with Crippen molar-refractivity contribution >= 4 is 35.9 Å². The smallest absolute Gasteiger partial charge is 0.254 e. The molecule has 0 saturated carbocycles. The normalized spacial score (nSPS) is 16.7. The number of amides is 1. The first-order valence-electron chi connectivity index (χ1n) is 9.45. The molecule has 1 N–H and O–H groups in total. The van der Waals surface area contributed by atoms with Crippen LogP contribution in [0.15, 0.2) is 35.5 Å². The maximum Gasteiger partial charge on any atom is 0.254 e. The average molecular weight is 433 g/mol. The molecule has 1 atom stereocenters. The number of rotatable bonds is 4. The van der Waals surface area contributed by atoms with E-state index in [1.165, 1.54) is 11.8 Å². The van der Waals surface area contributed by atoms with E-state index in [0.717, 1.165) is 42.1 Å². The summed E-state index contributed by atoms with van der Waals surface area (Å²) in [6.07, 6.45) is 0. The van der Waals surface area contributed by atoms with Crippen molar-refractivity contribution < 1.29 is 4.79 Å². The molecule has 1 aromatic carbocycles. The number of fused-ring (bicyclic) bond motifs is 1. The van der Waals surface area contributed by atoms with Crippen molar-refractivity contribution in [2.75, 3.05) is 19.6 Å². The number of nitrogens with one attached hydrogen (secondary N) is 1. The van der Waals surface area contributed by atoms with Gasteiger partial charge in [-0.25, -0.2) is 9.50 Å². The molecule has 1 amide bonds. The van der Waals surface area contributed by atoms with Gasteiger partial charge in [0.25, 0.3) is 11.7 Å². The number of aryl methyl sites for hydroxylation is 2. The second-order valence-electron chi connectivity index (χ2n) is 7.20. The predicted octanol–water partition coefficient (Wildman–Crippen LogP) is 2.89. The maximum atomic E-state index is 13.0. The van der Waals surface area contributed by atoms with Crippen LogP contribution in [0.1, 0.15) is 34.2 Å². The Morgan fingerprint density at radius 3 is 2.86 bits per heavy atom. The quantitative estimate of drug-likeness (QED) is 0.639. The molecule has 1 saturated heterocycles. The lowest BCUT2D eigenvalue weighted by molar-refractivity contribution is 0.0708. The molecule has 29 heavy (non-hydrogen) atoms. The number of piperazine rings is 1. The molecule has 1 aliphatic rings. The molecule has 2 aromatic heterocycles. The van der Waals surface area contributed by atoms with Gasteiger partial charge in [0, 0.05) is 48.4 Å². The fourth-order valence-electron chi connectivity index (χ4n) is 3.49. The highest BCUT2D eigenvalue weighted by atomic mass is 35.5. The Labute approximate surface area is 180 Å². The van der Waals surface area contributed by atoms with E-state index in [0.29, 0.717) is 22.7 Å². The van der Waals surface area contributed by atoms with Crippen molar-refractivity contribution in [1.29, 1.82) is 0 Å². The lowest BCUT2D eigenvalue weighted by Crippen LogP contribution is -2.51. The van der Waals surface area contributed by atoms with Gasteiger partial charge in [0.1, 0.15) is 0 Å². The zero-order valence-corrected chi connectivity index (χ0v) is 18.4. The molecular weight excluding hydrogens is 408 g/mol. The number of nitrogens with zero attached hydrogens (tertiary/aromatic N) is 5. The Morgan fingerprint density at radius 2 is 2.07 bits per heavy atom. The van der Waals surface area contributed by atoms with Crippen molar-refractivity contribution in [1.82, 2.24) is 29.8 Å². The van der Waals surface area contributed by atoms with Gasteiger partial charge in [-0.3, -0.25) is 4.79 Å². The average Bonchev–Trinajstić information content (AvgIpc) is 3.09. The molecule has 1 aliphatic heterocycles. The molecule has 0 bridgehead atoms. The minimum absolute atomic E-state index is 0. The number of thioether (sulfide) groups is 1. The van der Waals surface area contributed by atoms with E-state index in [2.05, 4.69) is 27.3 Å². The van der Waals surface area contributed by atoms with E-state index in [4.69, 9.17) is 0 Å². The largest absolute Gasteiger partial charge is 0.336 e. The fourth-order valence-corrected chi connectivity index (χ4v) is 4.32. The summed E-state index contributed by atoms with van der Waals surface area (Å²) in [4.78, 5) is 23.9. The molecule has 9 heteroatoms. The third-order valence-electron chi connectivity index (χ3n) is 4.86. The molecule has 3 aromatic rings. The first kappa shape index (κ1) is 21.5.